The molecule has 3 nitrogen and oxygen atoms in total. The fourth-order valence-corrected chi connectivity index (χ4v) is 2.21. The first-order valence-electron chi connectivity index (χ1n) is 6.79. The Morgan fingerprint density at radius 3 is 2.44 bits per heavy atom. The second-order valence-corrected chi connectivity index (χ2v) is 5.24. The van der Waals surface area contributed by atoms with Crippen LogP contribution in [-0.4, -0.2) is 41.3 Å². The highest BCUT2D eigenvalue weighted by molar-refractivity contribution is 4.86. The Kier molecular flexibility index (Phi) is 5.73. The molecule has 0 aromatic rings. The van der Waals surface area contributed by atoms with Gasteiger partial charge in [-0.05, 0) is 51.6 Å². The molecule has 3 N–H and O–H groups in total. The highest BCUT2D eigenvalue weighted by Crippen LogP contribution is 2.27. The summed E-state index contributed by atoms with van der Waals surface area (Å²) in [5.41, 5.74) is 5.73. The molecule has 0 aliphatic heterocycles. The van der Waals surface area contributed by atoms with Crippen molar-refractivity contribution < 1.29 is 5.11 Å². The lowest BCUT2D eigenvalue weighted by Crippen LogP contribution is -2.43. The fraction of sp³-hybridized carbons (Fsp3) is 1.00. The van der Waals surface area contributed by atoms with Crippen LogP contribution in [0, 0.1) is 0 Å². The van der Waals surface area contributed by atoms with Crippen molar-refractivity contribution in [3.63, 3.8) is 0 Å². The molecule has 1 unspecified atom stereocenters. The Bertz CT molecular complexity index is 188. The van der Waals surface area contributed by atoms with Gasteiger partial charge in [0, 0.05) is 11.6 Å². The van der Waals surface area contributed by atoms with Gasteiger partial charge >= 0.3 is 0 Å². The Balaban J connectivity index is 2.21. The van der Waals surface area contributed by atoms with Crippen molar-refractivity contribution >= 4 is 0 Å². The van der Waals surface area contributed by atoms with E-state index in [1.165, 1.54) is 25.8 Å². The van der Waals surface area contributed by atoms with Gasteiger partial charge in [-0.1, -0.05) is 13.8 Å². The molecule has 3 heteroatoms. The number of rotatable bonds is 9. The minimum atomic E-state index is -0.346. The van der Waals surface area contributed by atoms with Gasteiger partial charge in [0.05, 0.1) is 6.61 Å². The molecule has 1 fully saturated rings. The number of nitrogens with two attached hydrogens (primary N) is 1. The molecule has 0 radical (unpaired) electrons. The highest BCUT2D eigenvalue weighted by Gasteiger charge is 2.28. The summed E-state index contributed by atoms with van der Waals surface area (Å²) in [5, 5.41) is 9.24. The second-order valence-electron chi connectivity index (χ2n) is 5.24. The minimum absolute atomic E-state index is 0.112. The van der Waals surface area contributed by atoms with Gasteiger partial charge in [-0.15, -0.1) is 0 Å². The summed E-state index contributed by atoms with van der Waals surface area (Å²) in [4.78, 5) is 2.59. The maximum Gasteiger partial charge on any atom is 0.0611 e. The minimum Gasteiger partial charge on any atom is -0.394 e. The van der Waals surface area contributed by atoms with E-state index < -0.39 is 0 Å². The predicted octanol–water partition coefficient (Wildman–Crippen LogP) is 1.74. The van der Waals surface area contributed by atoms with Gasteiger partial charge in [-0.25, -0.2) is 0 Å². The Hall–Kier alpha value is -0.120. The van der Waals surface area contributed by atoms with Gasteiger partial charge in [-0.2, -0.15) is 0 Å². The molecule has 1 rings (SSSR count). The van der Waals surface area contributed by atoms with E-state index in [2.05, 4.69) is 18.7 Å². The van der Waals surface area contributed by atoms with E-state index in [-0.39, 0.29) is 12.1 Å². The topological polar surface area (TPSA) is 49.5 Å². The number of aliphatic hydroxyl groups excluding tert-OH is 1. The fourth-order valence-electron chi connectivity index (χ4n) is 2.21. The van der Waals surface area contributed by atoms with Crippen molar-refractivity contribution in [2.24, 2.45) is 5.73 Å². The van der Waals surface area contributed by atoms with Crippen molar-refractivity contribution in [2.75, 3.05) is 19.7 Å². The van der Waals surface area contributed by atoms with E-state index in [0.29, 0.717) is 0 Å². The Morgan fingerprint density at radius 1 is 1.31 bits per heavy atom. The van der Waals surface area contributed by atoms with Gasteiger partial charge in [0.15, 0.2) is 0 Å². The van der Waals surface area contributed by atoms with Crippen LogP contribution in [0.5, 0.6) is 0 Å². The summed E-state index contributed by atoms with van der Waals surface area (Å²) in [6, 6.07) is 0.850. The lowest BCUT2D eigenvalue weighted by Gasteiger charge is -2.28. The van der Waals surface area contributed by atoms with Crippen LogP contribution in [0.4, 0.5) is 0 Å². The third kappa shape index (κ3) is 4.40. The van der Waals surface area contributed by atoms with Crippen molar-refractivity contribution in [1.82, 2.24) is 4.90 Å². The molecule has 1 saturated carbocycles. The van der Waals surface area contributed by atoms with Crippen molar-refractivity contribution in [3.05, 3.63) is 0 Å². The zero-order valence-corrected chi connectivity index (χ0v) is 10.9. The molecule has 0 heterocycles. The lowest BCUT2D eigenvalue weighted by molar-refractivity contribution is 0.170. The smallest absolute Gasteiger partial charge is 0.0611 e. The first-order valence-corrected chi connectivity index (χ1v) is 6.79. The number of hydrogen-bond acceptors (Lipinski definition) is 3. The Morgan fingerprint density at radius 2 is 2.00 bits per heavy atom. The summed E-state index contributed by atoms with van der Waals surface area (Å²) >= 11 is 0. The quantitative estimate of drug-likeness (QED) is 0.632. The van der Waals surface area contributed by atoms with Gasteiger partial charge in [0.2, 0.25) is 0 Å². The van der Waals surface area contributed by atoms with Crippen LogP contribution < -0.4 is 5.73 Å². The molecule has 96 valence electrons. The van der Waals surface area contributed by atoms with E-state index in [9.17, 15) is 5.11 Å². The number of nitrogens with zero attached hydrogens (tertiary/aromatic N) is 1. The van der Waals surface area contributed by atoms with Crippen LogP contribution in [-0.2, 0) is 0 Å². The summed E-state index contributed by atoms with van der Waals surface area (Å²) in [5.74, 6) is 0. The van der Waals surface area contributed by atoms with Crippen LogP contribution >= 0.6 is 0 Å². The molecule has 1 aliphatic carbocycles. The lowest BCUT2D eigenvalue weighted by atomic mass is 9.92. The number of hydrogen-bond donors (Lipinski definition) is 2. The molecule has 1 atom stereocenters. The molecule has 1 aliphatic rings. The Labute approximate surface area is 100 Å². The van der Waals surface area contributed by atoms with Crippen molar-refractivity contribution in [1.29, 1.82) is 0 Å². The van der Waals surface area contributed by atoms with Crippen LogP contribution in [0.3, 0.4) is 0 Å². The van der Waals surface area contributed by atoms with E-state index in [4.69, 9.17) is 5.73 Å². The maximum absolute atomic E-state index is 9.24. The van der Waals surface area contributed by atoms with Crippen LogP contribution in [0.1, 0.15) is 52.4 Å². The van der Waals surface area contributed by atoms with Gasteiger partial charge in [0.25, 0.3) is 0 Å². The standard InChI is InChI=1S/C13H28N2O/c1-3-9-15(12-6-7-12)10-5-8-13(14,4-2)11-16/h12,16H,3-11,14H2,1-2H3. The van der Waals surface area contributed by atoms with E-state index in [0.717, 1.165) is 31.8 Å². The molecule has 0 bridgehead atoms. The largest absolute Gasteiger partial charge is 0.394 e. The summed E-state index contributed by atoms with van der Waals surface area (Å²) in [6.45, 7) is 6.77. The van der Waals surface area contributed by atoms with E-state index in [1.807, 2.05) is 0 Å². The molecule has 0 amide bonds. The number of aliphatic hydroxyl groups is 1. The highest BCUT2D eigenvalue weighted by atomic mass is 16.3. The van der Waals surface area contributed by atoms with E-state index >= 15 is 0 Å². The molecular formula is C13H28N2O. The third-order valence-corrected chi connectivity index (χ3v) is 3.71. The van der Waals surface area contributed by atoms with Crippen molar-refractivity contribution in [3.8, 4) is 0 Å². The van der Waals surface area contributed by atoms with Crippen LogP contribution in [0.15, 0.2) is 0 Å². The molecular weight excluding hydrogens is 200 g/mol. The molecule has 16 heavy (non-hydrogen) atoms. The SMILES string of the molecule is CCCN(CCCC(N)(CC)CO)C1CC1. The molecule has 0 spiro atoms. The molecule has 0 aromatic carbocycles. The van der Waals surface area contributed by atoms with E-state index in [1.54, 1.807) is 0 Å². The summed E-state index contributed by atoms with van der Waals surface area (Å²) in [7, 11) is 0. The molecule has 0 saturated heterocycles. The first kappa shape index (κ1) is 13.9. The van der Waals surface area contributed by atoms with Crippen LogP contribution in [0.2, 0.25) is 0 Å². The second kappa shape index (κ2) is 6.58. The van der Waals surface area contributed by atoms with Gasteiger partial charge in [-0.3, -0.25) is 0 Å². The first-order chi connectivity index (χ1) is 7.65. The van der Waals surface area contributed by atoms with Gasteiger partial charge < -0.3 is 15.7 Å². The monoisotopic (exact) mass is 228 g/mol. The van der Waals surface area contributed by atoms with Crippen LogP contribution in [0.25, 0.3) is 0 Å². The average Bonchev–Trinajstić information content (AvgIpc) is 3.11. The normalized spacial score (nSPS) is 20.1. The average molecular weight is 228 g/mol. The third-order valence-electron chi connectivity index (χ3n) is 3.71. The summed E-state index contributed by atoms with van der Waals surface area (Å²) in [6.07, 6.45) is 6.90. The zero-order chi connectivity index (χ0) is 12.0. The van der Waals surface area contributed by atoms with Crippen molar-refractivity contribution in [2.45, 2.75) is 64.0 Å². The molecule has 0 aromatic heterocycles. The summed E-state index contributed by atoms with van der Waals surface area (Å²) < 4.78 is 0. The van der Waals surface area contributed by atoms with Gasteiger partial charge in [0.1, 0.15) is 0 Å². The zero-order valence-electron chi connectivity index (χ0n) is 10.9. The maximum atomic E-state index is 9.24. The predicted molar refractivity (Wildman–Crippen MR) is 68.4 cm³/mol.